The van der Waals surface area contributed by atoms with E-state index in [-0.39, 0.29) is 12.6 Å². The first-order valence-corrected chi connectivity index (χ1v) is 13.3. The highest BCUT2D eigenvalue weighted by molar-refractivity contribution is 7.91. The van der Waals surface area contributed by atoms with Crippen LogP contribution in [0.25, 0.3) is 0 Å². The molecule has 10 nitrogen and oxygen atoms in total. The maximum atomic E-state index is 12.8. The minimum atomic E-state index is -3.54. The Balaban J connectivity index is 1.30. The van der Waals surface area contributed by atoms with E-state index < -0.39 is 22.2 Å². The van der Waals surface area contributed by atoms with Gasteiger partial charge in [-0.25, -0.2) is 18.2 Å². The van der Waals surface area contributed by atoms with E-state index >= 15 is 0 Å². The summed E-state index contributed by atoms with van der Waals surface area (Å²) >= 11 is 1.20. The molecular formula is C21H29N5O5S2. The van der Waals surface area contributed by atoms with Crippen LogP contribution < -0.4 is 9.64 Å². The standard InChI is InChI=1S/C21H29N5O5S2/c1-24(16-8-12-25(13-9-16)18-7-10-22-20(23-18)30-2)21(27)31-17-5-3-11-26(15-17)33(28,29)19-6-4-14-32-19/h4,6-7,10,14,16-17H,3,5,8-9,11-13,15H2,1-2H3. The van der Waals surface area contributed by atoms with Gasteiger partial charge in [0.05, 0.1) is 13.7 Å². The minimum absolute atomic E-state index is 0.0482. The first kappa shape index (κ1) is 23.7. The Kier molecular flexibility index (Phi) is 7.35. The summed E-state index contributed by atoms with van der Waals surface area (Å²) in [4.78, 5) is 25.0. The van der Waals surface area contributed by atoms with Gasteiger partial charge >= 0.3 is 12.1 Å². The van der Waals surface area contributed by atoms with Gasteiger partial charge in [-0.3, -0.25) is 0 Å². The topological polar surface area (TPSA) is 105 Å². The molecule has 0 bridgehead atoms. The second kappa shape index (κ2) is 10.2. The van der Waals surface area contributed by atoms with E-state index in [1.165, 1.54) is 22.8 Å². The van der Waals surface area contributed by atoms with Crippen LogP contribution in [0, 0.1) is 0 Å². The summed E-state index contributed by atoms with van der Waals surface area (Å²) in [6.45, 7) is 2.13. The van der Waals surface area contributed by atoms with Crippen molar-refractivity contribution in [3.8, 4) is 6.01 Å². The number of anilines is 1. The van der Waals surface area contributed by atoms with Crippen molar-refractivity contribution in [1.29, 1.82) is 0 Å². The molecule has 1 unspecified atom stereocenters. The van der Waals surface area contributed by atoms with E-state index in [0.29, 0.717) is 29.6 Å². The van der Waals surface area contributed by atoms with Crippen molar-refractivity contribution in [2.75, 3.05) is 45.2 Å². The molecule has 180 valence electrons. The molecule has 2 aromatic heterocycles. The number of ether oxygens (including phenoxy) is 2. The molecule has 0 radical (unpaired) electrons. The van der Waals surface area contributed by atoms with Crippen molar-refractivity contribution in [1.82, 2.24) is 19.2 Å². The van der Waals surface area contributed by atoms with Gasteiger partial charge in [0, 0.05) is 38.9 Å². The zero-order chi connectivity index (χ0) is 23.4. The van der Waals surface area contributed by atoms with E-state index in [2.05, 4.69) is 14.9 Å². The van der Waals surface area contributed by atoms with Crippen molar-refractivity contribution in [3.63, 3.8) is 0 Å². The lowest BCUT2D eigenvalue weighted by atomic mass is 10.0. The number of methoxy groups -OCH3 is 1. The lowest BCUT2D eigenvalue weighted by Crippen LogP contribution is -2.48. The van der Waals surface area contributed by atoms with E-state index in [1.807, 2.05) is 6.07 Å². The van der Waals surface area contributed by atoms with Crippen LogP contribution in [0.1, 0.15) is 25.7 Å². The largest absolute Gasteiger partial charge is 0.467 e. The Morgan fingerprint density at radius 1 is 1.21 bits per heavy atom. The molecule has 0 spiro atoms. The third-order valence-electron chi connectivity index (χ3n) is 6.12. The number of rotatable bonds is 6. The maximum absolute atomic E-state index is 12.8. The molecule has 4 rings (SSSR count). The maximum Gasteiger partial charge on any atom is 0.410 e. The van der Waals surface area contributed by atoms with Gasteiger partial charge in [-0.2, -0.15) is 9.29 Å². The van der Waals surface area contributed by atoms with Crippen LogP contribution in [0.2, 0.25) is 0 Å². The summed E-state index contributed by atoms with van der Waals surface area (Å²) in [7, 11) is -0.257. The zero-order valence-electron chi connectivity index (χ0n) is 18.8. The first-order chi connectivity index (χ1) is 15.9. The fourth-order valence-electron chi connectivity index (χ4n) is 4.22. The number of thiophene rings is 1. The number of hydrogen-bond donors (Lipinski definition) is 0. The molecule has 2 aliphatic heterocycles. The monoisotopic (exact) mass is 495 g/mol. The molecule has 2 fully saturated rings. The Hall–Kier alpha value is -2.44. The van der Waals surface area contributed by atoms with Gasteiger partial charge in [0.1, 0.15) is 16.1 Å². The summed E-state index contributed by atoms with van der Waals surface area (Å²) in [5, 5.41) is 1.75. The average molecular weight is 496 g/mol. The van der Waals surface area contributed by atoms with E-state index in [0.717, 1.165) is 31.7 Å². The highest BCUT2D eigenvalue weighted by atomic mass is 32.2. The predicted molar refractivity (Wildman–Crippen MR) is 124 cm³/mol. The van der Waals surface area contributed by atoms with E-state index in [9.17, 15) is 13.2 Å². The molecule has 0 aliphatic carbocycles. The second-order valence-electron chi connectivity index (χ2n) is 8.17. The second-order valence-corrected chi connectivity index (χ2v) is 11.3. The Morgan fingerprint density at radius 3 is 2.70 bits per heavy atom. The third-order valence-corrected chi connectivity index (χ3v) is 9.36. The number of carbonyl (C=O) groups is 1. The quantitative estimate of drug-likeness (QED) is 0.602. The lowest BCUT2D eigenvalue weighted by Gasteiger charge is -2.38. The molecule has 2 aromatic rings. The van der Waals surface area contributed by atoms with Crippen LogP contribution >= 0.6 is 11.3 Å². The van der Waals surface area contributed by atoms with Crippen molar-refractivity contribution >= 4 is 33.3 Å². The molecule has 0 aromatic carbocycles. The van der Waals surface area contributed by atoms with Crippen LogP contribution in [0.15, 0.2) is 34.0 Å². The third kappa shape index (κ3) is 5.39. The van der Waals surface area contributed by atoms with Gasteiger partial charge in [-0.15, -0.1) is 11.3 Å². The van der Waals surface area contributed by atoms with Crippen LogP contribution in [0.4, 0.5) is 10.6 Å². The van der Waals surface area contributed by atoms with E-state index in [1.54, 1.807) is 35.7 Å². The number of hydrogen-bond acceptors (Lipinski definition) is 9. The Labute approximate surface area is 198 Å². The number of amides is 1. The van der Waals surface area contributed by atoms with Gasteiger partial charge < -0.3 is 19.3 Å². The summed E-state index contributed by atoms with van der Waals surface area (Å²) in [6.07, 6.45) is 3.69. The molecule has 33 heavy (non-hydrogen) atoms. The summed E-state index contributed by atoms with van der Waals surface area (Å²) < 4.78 is 38.2. The van der Waals surface area contributed by atoms with Gasteiger partial charge in [-0.1, -0.05) is 6.07 Å². The zero-order valence-corrected chi connectivity index (χ0v) is 20.4. The Morgan fingerprint density at radius 2 is 2.00 bits per heavy atom. The number of piperidine rings is 2. The molecule has 1 amide bonds. The summed E-state index contributed by atoms with van der Waals surface area (Å²) in [6, 6.07) is 5.55. The van der Waals surface area contributed by atoms with Crippen LogP contribution in [-0.2, 0) is 14.8 Å². The van der Waals surface area contributed by atoms with Crippen molar-refractivity contribution in [3.05, 3.63) is 29.8 Å². The molecule has 12 heteroatoms. The van der Waals surface area contributed by atoms with Gasteiger partial charge in [0.2, 0.25) is 0 Å². The normalized spacial score (nSPS) is 20.4. The van der Waals surface area contributed by atoms with Crippen molar-refractivity contribution in [2.45, 2.75) is 42.0 Å². The molecular weight excluding hydrogens is 466 g/mol. The van der Waals surface area contributed by atoms with Crippen LogP contribution in [0.5, 0.6) is 6.01 Å². The van der Waals surface area contributed by atoms with Gasteiger partial charge in [0.15, 0.2) is 0 Å². The number of aromatic nitrogens is 2. The minimum Gasteiger partial charge on any atom is -0.467 e. The van der Waals surface area contributed by atoms with E-state index in [4.69, 9.17) is 9.47 Å². The number of sulfonamides is 1. The fraction of sp³-hybridized carbons (Fsp3) is 0.571. The molecule has 4 heterocycles. The molecule has 2 saturated heterocycles. The molecule has 2 aliphatic rings. The highest BCUT2D eigenvalue weighted by Crippen LogP contribution is 2.26. The average Bonchev–Trinajstić information content (AvgIpc) is 3.40. The number of nitrogens with zero attached hydrogens (tertiary/aromatic N) is 5. The Bertz CT molecular complexity index is 1040. The van der Waals surface area contributed by atoms with Gasteiger partial charge in [0.25, 0.3) is 10.0 Å². The van der Waals surface area contributed by atoms with Crippen molar-refractivity contribution < 1.29 is 22.7 Å². The lowest BCUT2D eigenvalue weighted by molar-refractivity contribution is 0.0330. The molecule has 0 N–H and O–H groups in total. The van der Waals surface area contributed by atoms with Crippen molar-refractivity contribution in [2.24, 2.45) is 0 Å². The highest BCUT2D eigenvalue weighted by Gasteiger charge is 2.34. The number of carbonyl (C=O) groups excluding carboxylic acids is 1. The summed E-state index contributed by atoms with van der Waals surface area (Å²) in [5.41, 5.74) is 0. The van der Waals surface area contributed by atoms with Crippen LogP contribution in [0.3, 0.4) is 0 Å². The predicted octanol–water partition coefficient (Wildman–Crippen LogP) is 2.44. The SMILES string of the molecule is COc1nccc(N2CCC(N(C)C(=O)OC3CCCN(S(=O)(=O)c4cccs4)C3)CC2)n1. The molecule has 0 saturated carbocycles. The molecule has 1 atom stereocenters. The fourth-order valence-corrected chi connectivity index (χ4v) is 6.88. The van der Waals surface area contributed by atoms with Gasteiger partial charge in [-0.05, 0) is 43.2 Å². The smallest absolute Gasteiger partial charge is 0.410 e. The summed E-state index contributed by atoms with van der Waals surface area (Å²) in [5.74, 6) is 0.805. The first-order valence-electron chi connectivity index (χ1n) is 11.0. The van der Waals surface area contributed by atoms with Crippen LogP contribution in [-0.4, -0.2) is 86.2 Å².